The first-order valence-corrected chi connectivity index (χ1v) is 9.20. The monoisotopic (exact) mass is 394 g/mol. The fourth-order valence-electron chi connectivity index (χ4n) is 3.39. The second-order valence-electron chi connectivity index (χ2n) is 6.65. The largest absolute Gasteiger partial charge is 0.469 e. The van der Waals surface area contributed by atoms with Crippen LogP contribution < -0.4 is 11.0 Å². The van der Waals surface area contributed by atoms with Gasteiger partial charge in [0.05, 0.1) is 19.2 Å². The molecule has 0 unspecified atom stereocenters. The summed E-state index contributed by atoms with van der Waals surface area (Å²) in [4.78, 5) is 24.4. The number of methoxy groups -OCH3 is 1. The minimum absolute atomic E-state index is 0. The maximum atomic E-state index is 12.9. The van der Waals surface area contributed by atoms with Gasteiger partial charge in [0.1, 0.15) is 5.82 Å². The number of carbonyl (C=O) groups excluding carboxylic acids is 1. The molecule has 0 atom stereocenters. The van der Waals surface area contributed by atoms with Crippen molar-refractivity contribution in [1.82, 2.24) is 19.7 Å². The summed E-state index contributed by atoms with van der Waals surface area (Å²) in [6.07, 6.45) is 3.81. The topological polar surface area (TPSA) is 78.2 Å². The lowest BCUT2D eigenvalue weighted by Crippen LogP contribution is -2.30. The Bertz CT molecular complexity index is 782. The molecule has 0 radical (unpaired) electrons. The zero-order valence-electron chi connectivity index (χ0n) is 15.6. The van der Waals surface area contributed by atoms with Gasteiger partial charge in [0.15, 0.2) is 0 Å². The van der Waals surface area contributed by atoms with Gasteiger partial charge in [-0.25, -0.2) is 14.0 Å². The molecule has 1 aliphatic heterocycles. The van der Waals surface area contributed by atoms with Crippen LogP contribution in [0.3, 0.4) is 0 Å². The van der Waals surface area contributed by atoms with E-state index in [2.05, 4.69) is 10.4 Å². The van der Waals surface area contributed by atoms with Gasteiger partial charge < -0.3 is 10.1 Å². The van der Waals surface area contributed by atoms with Gasteiger partial charge in [-0.15, -0.1) is 12.4 Å². The zero-order valence-corrected chi connectivity index (χ0v) is 16.4. The molecule has 0 saturated carbocycles. The normalized spacial score (nSPS) is 14.6. The van der Waals surface area contributed by atoms with Gasteiger partial charge in [-0.2, -0.15) is 5.10 Å². The first-order chi connectivity index (χ1) is 12.7. The fourth-order valence-corrected chi connectivity index (χ4v) is 3.39. The number of hydrogen-bond donors (Lipinski definition) is 1. The Morgan fingerprint density at radius 3 is 2.63 bits per heavy atom. The maximum Gasteiger partial charge on any atom is 0.350 e. The highest BCUT2D eigenvalue weighted by Crippen LogP contribution is 2.16. The van der Waals surface area contributed by atoms with E-state index in [4.69, 9.17) is 4.74 Å². The molecule has 0 spiro atoms. The molecular formula is C19H27ClN4O3. The summed E-state index contributed by atoms with van der Waals surface area (Å²) in [5.74, 6) is 0.918. The van der Waals surface area contributed by atoms with Crippen molar-refractivity contribution >= 4 is 18.4 Å². The molecule has 0 aliphatic carbocycles. The van der Waals surface area contributed by atoms with E-state index in [9.17, 15) is 9.59 Å². The van der Waals surface area contributed by atoms with E-state index in [0.717, 1.165) is 38.0 Å². The van der Waals surface area contributed by atoms with Crippen molar-refractivity contribution in [3.63, 3.8) is 0 Å². The van der Waals surface area contributed by atoms with Crippen molar-refractivity contribution in [2.45, 2.75) is 38.6 Å². The highest BCUT2D eigenvalue weighted by Gasteiger charge is 2.18. The van der Waals surface area contributed by atoms with Crippen LogP contribution in [-0.4, -0.2) is 40.5 Å². The Hall–Kier alpha value is -2.12. The molecule has 0 amide bonds. The van der Waals surface area contributed by atoms with E-state index in [0.29, 0.717) is 24.7 Å². The van der Waals surface area contributed by atoms with Crippen molar-refractivity contribution in [2.24, 2.45) is 5.92 Å². The summed E-state index contributed by atoms with van der Waals surface area (Å²) in [6.45, 7) is 2.69. The number of aryl methyl sites for hydroxylation is 2. The second kappa shape index (κ2) is 10.3. The summed E-state index contributed by atoms with van der Waals surface area (Å²) in [5.41, 5.74) is 0.621. The average molecular weight is 395 g/mol. The standard InChI is InChI=1S/C19H26N4O3.ClH/c1-26-18(24)8-7-17-21-22(14-11-15-9-12-20-13-10-15)19(25)23(17)16-5-3-2-4-6-16;/h2-6,15,20H,7-14H2,1H3;1H. The molecule has 0 bridgehead atoms. The van der Waals surface area contributed by atoms with Crippen molar-refractivity contribution in [2.75, 3.05) is 20.2 Å². The lowest BCUT2D eigenvalue weighted by atomic mass is 9.95. The molecule has 27 heavy (non-hydrogen) atoms. The molecule has 8 heteroatoms. The maximum absolute atomic E-state index is 12.9. The molecule has 1 aromatic carbocycles. The molecule has 7 nitrogen and oxygen atoms in total. The van der Waals surface area contributed by atoms with E-state index in [1.54, 1.807) is 9.25 Å². The molecule has 148 valence electrons. The van der Waals surface area contributed by atoms with Crippen LogP contribution >= 0.6 is 12.4 Å². The number of ether oxygens (including phenoxy) is 1. The number of nitrogens with one attached hydrogen (secondary N) is 1. The van der Waals surface area contributed by atoms with Crippen molar-refractivity contribution in [1.29, 1.82) is 0 Å². The number of hydrogen-bond acceptors (Lipinski definition) is 5. The van der Waals surface area contributed by atoms with Crippen molar-refractivity contribution in [3.8, 4) is 5.69 Å². The third-order valence-corrected chi connectivity index (χ3v) is 4.91. The van der Waals surface area contributed by atoms with Gasteiger partial charge in [-0.1, -0.05) is 18.2 Å². The lowest BCUT2D eigenvalue weighted by Gasteiger charge is -2.22. The van der Waals surface area contributed by atoms with E-state index in [1.165, 1.54) is 7.11 Å². The molecule has 1 N–H and O–H groups in total. The minimum atomic E-state index is -0.304. The Morgan fingerprint density at radius 2 is 1.96 bits per heavy atom. The summed E-state index contributed by atoms with van der Waals surface area (Å²) in [6, 6.07) is 9.43. The van der Waals surface area contributed by atoms with Gasteiger partial charge in [0, 0.05) is 13.0 Å². The van der Waals surface area contributed by atoms with Crippen molar-refractivity contribution < 1.29 is 9.53 Å². The number of carbonyl (C=O) groups is 1. The summed E-state index contributed by atoms with van der Waals surface area (Å²) in [5, 5.41) is 7.88. The summed E-state index contributed by atoms with van der Waals surface area (Å²) >= 11 is 0. The third kappa shape index (κ3) is 5.43. The van der Waals surface area contributed by atoms with E-state index >= 15 is 0 Å². The predicted octanol–water partition coefficient (Wildman–Crippen LogP) is 1.95. The Kier molecular flexibility index (Phi) is 8.06. The highest BCUT2D eigenvalue weighted by atomic mass is 35.5. The fraction of sp³-hybridized carbons (Fsp3) is 0.526. The van der Waals surface area contributed by atoms with Gasteiger partial charge in [-0.3, -0.25) is 4.79 Å². The van der Waals surface area contributed by atoms with Crippen LogP contribution in [0.1, 0.15) is 31.5 Å². The first-order valence-electron chi connectivity index (χ1n) is 9.20. The minimum Gasteiger partial charge on any atom is -0.469 e. The number of nitrogens with zero attached hydrogens (tertiary/aromatic N) is 3. The second-order valence-corrected chi connectivity index (χ2v) is 6.65. The molecule has 1 aromatic heterocycles. The van der Waals surface area contributed by atoms with Gasteiger partial charge in [0.25, 0.3) is 0 Å². The number of piperidine rings is 1. The number of halogens is 1. The number of aromatic nitrogens is 3. The zero-order chi connectivity index (χ0) is 18.4. The highest BCUT2D eigenvalue weighted by molar-refractivity contribution is 5.85. The van der Waals surface area contributed by atoms with Gasteiger partial charge in [0.2, 0.25) is 0 Å². The van der Waals surface area contributed by atoms with Crippen LogP contribution in [0.15, 0.2) is 35.1 Å². The smallest absolute Gasteiger partial charge is 0.350 e. The van der Waals surface area contributed by atoms with Crippen LogP contribution in [0.4, 0.5) is 0 Å². The van der Waals surface area contributed by atoms with Crippen LogP contribution in [0, 0.1) is 5.92 Å². The molecule has 1 fully saturated rings. The van der Waals surface area contributed by atoms with Crippen molar-refractivity contribution in [3.05, 3.63) is 46.6 Å². The van der Waals surface area contributed by atoms with E-state index in [-0.39, 0.29) is 30.5 Å². The Labute approximate surface area is 165 Å². The molecule has 1 aliphatic rings. The number of para-hydroxylation sites is 1. The van der Waals surface area contributed by atoms with E-state index < -0.39 is 0 Å². The molecule has 2 aromatic rings. The number of benzene rings is 1. The summed E-state index contributed by atoms with van der Waals surface area (Å²) < 4.78 is 7.86. The van der Waals surface area contributed by atoms with Crippen LogP contribution in [-0.2, 0) is 22.5 Å². The van der Waals surface area contributed by atoms with E-state index in [1.807, 2.05) is 30.3 Å². The van der Waals surface area contributed by atoms with Crippen LogP contribution in [0.5, 0.6) is 0 Å². The van der Waals surface area contributed by atoms with Crippen LogP contribution in [0.2, 0.25) is 0 Å². The molecule has 3 rings (SSSR count). The quantitative estimate of drug-likeness (QED) is 0.726. The number of esters is 1. The first kappa shape index (κ1) is 21.2. The molecular weight excluding hydrogens is 368 g/mol. The van der Waals surface area contributed by atoms with Gasteiger partial charge >= 0.3 is 11.7 Å². The van der Waals surface area contributed by atoms with Gasteiger partial charge in [-0.05, 0) is 50.4 Å². The summed E-state index contributed by atoms with van der Waals surface area (Å²) in [7, 11) is 1.37. The Morgan fingerprint density at radius 1 is 1.26 bits per heavy atom. The average Bonchev–Trinajstić information content (AvgIpc) is 3.01. The molecule has 1 saturated heterocycles. The Balaban J connectivity index is 0.00000261. The number of rotatable bonds is 7. The molecule has 2 heterocycles. The SMILES string of the molecule is COC(=O)CCc1nn(CCC2CCNCC2)c(=O)n1-c1ccccc1.Cl. The lowest BCUT2D eigenvalue weighted by molar-refractivity contribution is -0.140. The third-order valence-electron chi connectivity index (χ3n) is 4.91. The predicted molar refractivity (Wildman–Crippen MR) is 106 cm³/mol. The van der Waals surface area contributed by atoms with Crippen LogP contribution in [0.25, 0.3) is 5.69 Å².